The molecule has 0 saturated heterocycles. The van der Waals surface area contributed by atoms with Crippen molar-refractivity contribution in [3.63, 3.8) is 0 Å². The molecule has 0 unspecified atom stereocenters. The molecule has 1 N–H and O–H groups in total. The van der Waals surface area contributed by atoms with Crippen molar-refractivity contribution in [2.24, 2.45) is 0 Å². The second-order valence-electron chi connectivity index (χ2n) is 8.23. The fraction of sp³-hybridized carbons (Fsp3) is 0.154. The van der Waals surface area contributed by atoms with E-state index in [9.17, 15) is 22.8 Å². The van der Waals surface area contributed by atoms with Crippen LogP contribution in [-0.2, 0) is 10.0 Å². The molecule has 4 aromatic rings. The van der Waals surface area contributed by atoms with Crippen LogP contribution in [0.5, 0.6) is 0 Å². The largest absolute Gasteiger partial charge is 0.298 e. The summed E-state index contributed by atoms with van der Waals surface area (Å²) in [5.74, 6) is -1.37. The predicted octanol–water partition coefficient (Wildman–Crippen LogP) is 4.38. The van der Waals surface area contributed by atoms with Gasteiger partial charge >= 0.3 is 0 Å². The van der Waals surface area contributed by atoms with Gasteiger partial charge in [-0.05, 0) is 48.5 Å². The van der Waals surface area contributed by atoms with E-state index in [1.807, 2.05) is 0 Å². The highest BCUT2D eigenvalue weighted by Gasteiger charge is 2.36. The summed E-state index contributed by atoms with van der Waals surface area (Å²) in [6, 6.07) is 17.5. The topological polar surface area (TPSA) is 117 Å². The van der Waals surface area contributed by atoms with Crippen LogP contribution in [-0.4, -0.2) is 48.5 Å². The van der Waals surface area contributed by atoms with Gasteiger partial charge in [0.2, 0.25) is 10.0 Å². The second-order valence-corrected chi connectivity index (χ2v) is 11.2. The van der Waals surface area contributed by atoms with Crippen LogP contribution < -0.4 is 10.2 Å². The molecule has 3 amide bonds. The van der Waals surface area contributed by atoms with Gasteiger partial charge < -0.3 is 0 Å². The van der Waals surface area contributed by atoms with Crippen LogP contribution in [0.15, 0.2) is 71.6 Å². The van der Waals surface area contributed by atoms with Gasteiger partial charge in [-0.2, -0.15) is 4.31 Å². The van der Waals surface area contributed by atoms with Crippen molar-refractivity contribution in [3.8, 4) is 0 Å². The van der Waals surface area contributed by atoms with E-state index in [-0.39, 0.29) is 16.1 Å². The summed E-state index contributed by atoms with van der Waals surface area (Å²) >= 11 is 1.15. The molecule has 0 saturated carbocycles. The molecule has 9 nitrogen and oxygen atoms in total. The Morgan fingerprint density at radius 3 is 2.27 bits per heavy atom. The van der Waals surface area contributed by atoms with Gasteiger partial charge in [0, 0.05) is 18.7 Å². The van der Waals surface area contributed by atoms with Gasteiger partial charge in [0.15, 0.2) is 5.13 Å². The molecule has 1 aromatic heterocycles. The number of imide groups is 1. The summed E-state index contributed by atoms with van der Waals surface area (Å²) in [6.07, 6.45) is 0. The summed E-state index contributed by atoms with van der Waals surface area (Å²) in [4.78, 5) is 44.2. The van der Waals surface area contributed by atoms with E-state index in [1.54, 1.807) is 68.4 Å². The highest BCUT2D eigenvalue weighted by Crippen LogP contribution is 2.31. The van der Waals surface area contributed by atoms with Crippen LogP contribution in [0.4, 0.5) is 10.8 Å². The van der Waals surface area contributed by atoms with Gasteiger partial charge in [-0.1, -0.05) is 43.4 Å². The Bertz CT molecular complexity index is 1640. The third-order valence-corrected chi connectivity index (χ3v) is 9.06. The molecule has 11 heteroatoms. The number of thiazole rings is 1. The zero-order chi connectivity index (χ0) is 26.3. The van der Waals surface area contributed by atoms with Crippen molar-refractivity contribution in [3.05, 3.63) is 83.4 Å². The molecule has 188 valence electrons. The molecule has 37 heavy (non-hydrogen) atoms. The van der Waals surface area contributed by atoms with Crippen molar-refractivity contribution >= 4 is 60.1 Å². The fourth-order valence-electron chi connectivity index (χ4n) is 4.21. The molecule has 0 radical (unpaired) electrons. The lowest BCUT2D eigenvalue weighted by molar-refractivity contribution is 0.0924. The summed E-state index contributed by atoms with van der Waals surface area (Å²) in [7, 11) is -3.63. The molecule has 0 spiro atoms. The third-order valence-electron chi connectivity index (χ3n) is 6.08. The van der Waals surface area contributed by atoms with Crippen LogP contribution in [0.3, 0.4) is 0 Å². The van der Waals surface area contributed by atoms with E-state index < -0.39 is 27.7 Å². The lowest BCUT2D eigenvalue weighted by atomic mass is 10.1. The van der Waals surface area contributed by atoms with Crippen LogP contribution in [0.25, 0.3) is 10.2 Å². The Labute approximate surface area is 217 Å². The number of carbonyl (C=O) groups excluding carboxylic acids is 3. The van der Waals surface area contributed by atoms with Crippen LogP contribution in [0.1, 0.15) is 44.9 Å². The number of sulfonamides is 1. The van der Waals surface area contributed by atoms with E-state index in [4.69, 9.17) is 0 Å². The van der Waals surface area contributed by atoms with E-state index in [1.165, 1.54) is 16.4 Å². The maximum atomic E-state index is 13.0. The number of carbonyl (C=O) groups is 3. The van der Waals surface area contributed by atoms with Gasteiger partial charge in [-0.3, -0.25) is 19.7 Å². The minimum Gasteiger partial charge on any atom is -0.298 e. The normalized spacial score (nSPS) is 13.4. The van der Waals surface area contributed by atoms with Crippen LogP contribution in [0, 0.1) is 0 Å². The Morgan fingerprint density at radius 1 is 0.946 bits per heavy atom. The number of hydrogen-bond acceptors (Lipinski definition) is 7. The molecule has 0 aliphatic carbocycles. The molecule has 0 atom stereocenters. The molecule has 0 bridgehead atoms. The lowest BCUT2D eigenvalue weighted by Gasteiger charge is -2.18. The zero-order valence-electron chi connectivity index (χ0n) is 20.0. The maximum Gasteiger partial charge on any atom is 0.266 e. The molecule has 3 aromatic carbocycles. The van der Waals surface area contributed by atoms with Crippen LogP contribution in [0.2, 0.25) is 0 Å². The number of rotatable bonds is 7. The summed E-state index contributed by atoms with van der Waals surface area (Å²) in [5, 5.41) is 3.02. The van der Waals surface area contributed by atoms with Crippen molar-refractivity contribution in [2.45, 2.75) is 18.7 Å². The first-order chi connectivity index (χ1) is 17.7. The Kier molecular flexibility index (Phi) is 6.36. The Balaban J connectivity index is 1.39. The molecular formula is C26H22N4O5S2. The van der Waals surface area contributed by atoms with Crippen molar-refractivity contribution in [2.75, 3.05) is 23.3 Å². The van der Waals surface area contributed by atoms with Crippen LogP contribution >= 0.6 is 11.3 Å². The molecule has 5 rings (SSSR count). The Hall–Kier alpha value is -3.93. The number of fused-ring (bicyclic) bond motifs is 2. The van der Waals surface area contributed by atoms with Crippen molar-refractivity contribution < 1.29 is 22.8 Å². The summed E-state index contributed by atoms with van der Waals surface area (Å²) in [6.45, 7) is 4.29. The van der Waals surface area contributed by atoms with E-state index in [2.05, 4.69) is 10.3 Å². The monoisotopic (exact) mass is 534 g/mol. The smallest absolute Gasteiger partial charge is 0.266 e. The van der Waals surface area contributed by atoms with Gasteiger partial charge in [-0.25, -0.2) is 18.3 Å². The molecule has 2 heterocycles. The number of anilines is 2. The first-order valence-corrected chi connectivity index (χ1v) is 13.8. The third kappa shape index (κ3) is 4.31. The van der Waals surface area contributed by atoms with Crippen molar-refractivity contribution in [1.29, 1.82) is 0 Å². The fourth-order valence-corrected chi connectivity index (χ4v) is 6.67. The van der Waals surface area contributed by atoms with Gasteiger partial charge in [0.1, 0.15) is 0 Å². The van der Waals surface area contributed by atoms with E-state index in [0.717, 1.165) is 16.2 Å². The van der Waals surface area contributed by atoms with E-state index >= 15 is 0 Å². The highest BCUT2D eigenvalue weighted by atomic mass is 32.2. The molecule has 1 aliphatic heterocycles. The highest BCUT2D eigenvalue weighted by molar-refractivity contribution is 7.89. The lowest BCUT2D eigenvalue weighted by Crippen LogP contribution is -2.30. The maximum absolute atomic E-state index is 13.0. The molecule has 0 fully saturated rings. The predicted molar refractivity (Wildman–Crippen MR) is 142 cm³/mol. The second kappa shape index (κ2) is 9.51. The van der Waals surface area contributed by atoms with Gasteiger partial charge in [0.05, 0.1) is 31.9 Å². The molecular weight excluding hydrogens is 512 g/mol. The van der Waals surface area contributed by atoms with Crippen molar-refractivity contribution in [1.82, 2.24) is 9.29 Å². The number of hydrogen-bond donors (Lipinski definition) is 1. The average molecular weight is 535 g/mol. The number of nitrogens with zero attached hydrogens (tertiary/aromatic N) is 3. The minimum absolute atomic E-state index is 0.166. The SMILES string of the molecule is CCN(CC)S(=O)(=O)c1ccc2nc(NC(=O)c3cccc(N4C(=O)c5ccccc5C4=O)c3)sc2c1. The van der Waals surface area contributed by atoms with Gasteiger partial charge in [0.25, 0.3) is 17.7 Å². The number of aromatic nitrogens is 1. The minimum atomic E-state index is -3.63. The standard InChI is InChI=1S/C26H22N4O5S2/c1-3-29(4-2)37(34,35)18-12-13-21-22(15-18)36-26(27-21)28-23(31)16-8-7-9-17(14-16)30-24(32)19-10-5-6-11-20(19)25(30)33/h5-15H,3-4H2,1-2H3,(H,27,28,31). The average Bonchev–Trinajstić information content (AvgIpc) is 3.41. The zero-order valence-corrected chi connectivity index (χ0v) is 21.6. The van der Waals surface area contributed by atoms with Gasteiger partial charge in [-0.15, -0.1) is 0 Å². The Morgan fingerprint density at radius 2 is 1.62 bits per heavy atom. The first-order valence-electron chi connectivity index (χ1n) is 11.5. The summed E-state index contributed by atoms with van der Waals surface area (Å²) in [5.41, 5.74) is 1.71. The van der Waals surface area contributed by atoms with E-state index in [0.29, 0.717) is 39.6 Å². The quantitative estimate of drug-likeness (QED) is 0.352. The molecule has 1 aliphatic rings. The first kappa shape index (κ1) is 24.8. The number of nitrogens with one attached hydrogen (secondary N) is 1. The number of benzene rings is 3. The summed E-state index contributed by atoms with van der Waals surface area (Å²) < 4.78 is 27.7. The number of amides is 3.